The van der Waals surface area contributed by atoms with Crippen molar-refractivity contribution in [2.75, 3.05) is 40.4 Å². The number of methoxy groups -OCH3 is 2. The lowest BCUT2D eigenvalue weighted by Crippen LogP contribution is -2.37. The average Bonchev–Trinajstić information content (AvgIpc) is 2.86. The zero-order chi connectivity index (χ0) is 18.4. The van der Waals surface area contributed by atoms with Gasteiger partial charge in [-0.2, -0.15) is 0 Å². The fourth-order valence-corrected chi connectivity index (χ4v) is 3.07. The van der Waals surface area contributed by atoms with Crippen LogP contribution in [-0.4, -0.2) is 62.0 Å². The van der Waals surface area contributed by atoms with Gasteiger partial charge in [0.15, 0.2) is 0 Å². The normalized spacial score (nSPS) is 15.1. The molecule has 1 saturated heterocycles. The molecule has 0 unspecified atom stereocenters. The van der Waals surface area contributed by atoms with E-state index in [-0.39, 0.29) is 11.8 Å². The molecule has 1 aromatic rings. The van der Waals surface area contributed by atoms with Crippen LogP contribution in [0.1, 0.15) is 37.0 Å². The summed E-state index contributed by atoms with van der Waals surface area (Å²) in [6.07, 6.45) is 1.32. The number of hydrogen-bond donors (Lipinski definition) is 0. The third kappa shape index (κ3) is 4.65. The Labute approximate surface area is 149 Å². The third-order valence-corrected chi connectivity index (χ3v) is 4.36. The van der Waals surface area contributed by atoms with Crippen LogP contribution in [0.2, 0.25) is 0 Å². The van der Waals surface area contributed by atoms with Crippen molar-refractivity contribution in [3.8, 4) is 11.5 Å². The van der Waals surface area contributed by atoms with E-state index in [9.17, 15) is 9.59 Å². The van der Waals surface area contributed by atoms with Crippen molar-refractivity contribution in [1.82, 2.24) is 9.80 Å². The van der Waals surface area contributed by atoms with E-state index in [1.165, 1.54) is 0 Å². The second-order valence-electron chi connectivity index (χ2n) is 6.66. The number of benzene rings is 1. The highest BCUT2D eigenvalue weighted by Gasteiger charge is 2.27. The maximum absolute atomic E-state index is 13.0. The number of carbonyl (C=O) groups is 2. The summed E-state index contributed by atoms with van der Waals surface area (Å²) in [4.78, 5) is 29.0. The number of amides is 2. The minimum atomic E-state index is -0.118. The first kappa shape index (κ1) is 19.1. The number of nitrogens with zero attached hydrogens (tertiary/aromatic N) is 2. The van der Waals surface area contributed by atoms with Gasteiger partial charge >= 0.3 is 0 Å². The average molecular weight is 348 g/mol. The molecule has 2 rings (SSSR count). The molecule has 6 heteroatoms. The van der Waals surface area contributed by atoms with Crippen molar-refractivity contribution < 1.29 is 19.1 Å². The summed E-state index contributed by atoms with van der Waals surface area (Å²) in [6.45, 7) is 6.47. The molecule has 1 fully saturated rings. The van der Waals surface area contributed by atoms with Crippen molar-refractivity contribution in [1.29, 1.82) is 0 Å². The predicted octanol–water partition coefficient (Wildman–Crippen LogP) is 2.42. The lowest BCUT2D eigenvalue weighted by atomic mass is 10.1. The SMILES string of the molecule is COc1cccc(OC)c1C(=O)N1CCCN(C(=O)CC(C)C)CC1. The number of rotatable bonds is 5. The van der Waals surface area contributed by atoms with Gasteiger partial charge in [0.1, 0.15) is 17.1 Å². The summed E-state index contributed by atoms with van der Waals surface area (Å²) in [5, 5.41) is 0. The van der Waals surface area contributed by atoms with Crippen LogP contribution in [0.5, 0.6) is 11.5 Å². The molecule has 6 nitrogen and oxygen atoms in total. The van der Waals surface area contributed by atoms with E-state index in [4.69, 9.17) is 9.47 Å². The summed E-state index contributed by atoms with van der Waals surface area (Å²) < 4.78 is 10.7. The van der Waals surface area contributed by atoms with Crippen molar-refractivity contribution in [2.24, 2.45) is 5.92 Å². The van der Waals surface area contributed by atoms with Crippen LogP contribution in [0.3, 0.4) is 0 Å². The van der Waals surface area contributed by atoms with E-state index in [0.29, 0.717) is 55.6 Å². The second kappa shape index (κ2) is 8.74. The van der Waals surface area contributed by atoms with E-state index >= 15 is 0 Å². The Hall–Kier alpha value is -2.24. The van der Waals surface area contributed by atoms with Gasteiger partial charge in [-0.25, -0.2) is 0 Å². The smallest absolute Gasteiger partial charge is 0.261 e. The van der Waals surface area contributed by atoms with Gasteiger partial charge in [0.25, 0.3) is 5.91 Å². The first-order valence-electron chi connectivity index (χ1n) is 8.76. The first-order valence-corrected chi connectivity index (χ1v) is 8.76. The summed E-state index contributed by atoms with van der Waals surface area (Å²) >= 11 is 0. The fourth-order valence-electron chi connectivity index (χ4n) is 3.07. The van der Waals surface area contributed by atoms with Crippen LogP contribution in [0.4, 0.5) is 0 Å². The van der Waals surface area contributed by atoms with Gasteiger partial charge in [-0.3, -0.25) is 9.59 Å². The maximum Gasteiger partial charge on any atom is 0.261 e. The molecule has 0 aliphatic carbocycles. The predicted molar refractivity (Wildman–Crippen MR) is 96.1 cm³/mol. The van der Waals surface area contributed by atoms with Crippen molar-refractivity contribution in [3.63, 3.8) is 0 Å². The highest BCUT2D eigenvalue weighted by Crippen LogP contribution is 2.29. The van der Waals surface area contributed by atoms with Gasteiger partial charge in [-0.1, -0.05) is 19.9 Å². The van der Waals surface area contributed by atoms with Gasteiger partial charge in [0, 0.05) is 32.6 Å². The molecular formula is C19H28N2O4. The van der Waals surface area contributed by atoms with E-state index in [1.807, 2.05) is 18.7 Å². The molecular weight excluding hydrogens is 320 g/mol. The van der Waals surface area contributed by atoms with Crippen molar-refractivity contribution in [3.05, 3.63) is 23.8 Å². The zero-order valence-electron chi connectivity index (χ0n) is 15.6. The molecule has 0 atom stereocenters. The molecule has 0 radical (unpaired) electrons. The largest absolute Gasteiger partial charge is 0.496 e. The van der Waals surface area contributed by atoms with E-state index < -0.39 is 0 Å². The summed E-state index contributed by atoms with van der Waals surface area (Å²) in [5.74, 6) is 1.39. The Morgan fingerprint density at radius 3 is 2.12 bits per heavy atom. The van der Waals surface area contributed by atoms with E-state index in [1.54, 1.807) is 37.3 Å². The molecule has 0 N–H and O–H groups in total. The molecule has 2 amide bonds. The van der Waals surface area contributed by atoms with Gasteiger partial charge in [-0.15, -0.1) is 0 Å². The van der Waals surface area contributed by atoms with Crippen LogP contribution in [0.15, 0.2) is 18.2 Å². The molecule has 0 spiro atoms. The van der Waals surface area contributed by atoms with E-state index in [2.05, 4.69) is 0 Å². The van der Waals surface area contributed by atoms with Gasteiger partial charge in [-0.05, 0) is 24.5 Å². The Balaban J connectivity index is 2.13. The topological polar surface area (TPSA) is 59.1 Å². The number of ether oxygens (including phenoxy) is 2. The molecule has 0 aromatic heterocycles. The molecule has 1 heterocycles. The minimum absolute atomic E-state index is 0.118. The fraction of sp³-hybridized carbons (Fsp3) is 0.579. The molecule has 1 aliphatic heterocycles. The molecule has 1 aliphatic rings. The molecule has 1 aromatic carbocycles. The molecule has 0 bridgehead atoms. The summed E-state index contributed by atoms with van der Waals surface area (Å²) in [7, 11) is 3.08. The van der Waals surface area contributed by atoms with Gasteiger partial charge in [0.05, 0.1) is 14.2 Å². The molecule has 25 heavy (non-hydrogen) atoms. The highest BCUT2D eigenvalue weighted by molar-refractivity contribution is 5.99. The van der Waals surface area contributed by atoms with Crippen molar-refractivity contribution in [2.45, 2.75) is 26.7 Å². The summed E-state index contributed by atoms with van der Waals surface area (Å²) in [6, 6.07) is 5.31. The van der Waals surface area contributed by atoms with E-state index in [0.717, 1.165) is 6.42 Å². The molecule has 0 saturated carbocycles. The Morgan fingerprint density at radius 2 is 1.56 bits per heavy atom. The molecule has 138 valence electrons. The van der Waals surface area contributed by atoms with Crippen LogP contribution in [-0.2, 0) is 4.79 Å². The lowest BCUT2D eigenvalue weighted by molar-refractivity contribution is -0.131. The Bertz CT molecular complexity index is 593. The summed E-state index contributed by atoms with van der Waals surface area (Å²) in [5.41, 5.74) is 0.439. The first-order chi connectivity index (χ1) is 12.0. The third-order valence-electron chi connectivity index (χ3n) is 4.36. The van der Waals surface area contributed by atoms with Crippen LogP contribution < -0.4 is 9.47 Å². The number of carbonyl (C=O) groups excluding carboxylic acids is 2. The second-order valence-corrected chi connectivity index (χ2v) is 6.66. The Kier molecular flexibility index (Phi) is 6.67. The highest BCUT2D eigenvalue weighted by atomic mass is 16.5. The van der Waals surface area contributed by atoms with Gasteiger partial charge < -0.3 is 19.3 Å². The quantitative estimate of drug-likeness (QED) is 0.820. The van der Waals surface area contributed by atoms with Crippen LogP contribution in [0, 0.1) is 5.92 Å². The van der Waals surface area contributed by atoms with Crippen molar-refractivity contribution >= 4 is 11.8 Å². The van der Waals surface area contributed by atoms with Gasteiger partial charge in [0.2, 0.25) is 5.91 Å². The van der Waals surface area contributed by atoms with Crippen LogP contribution >= 0.6 is 0 Å². The Morgan fingerprint density at radius 1 is 1.00 bits per heavy atom. The zero-order valence-corrected chi connectivity index (χ0v) is 15.6. The maximum atomic E-state index is 13.0. The number of hydrogen-bond acceptors (Lipinski definition) is 4. The monoisotopic (exact) mass is 348 g/mol. The minimum Gasteiger partial charge on any atom is -0.496 e. The lowest BCUT2D eigenvalue weighted by Gasteiger charge is -2.24. The standard InChI is InChI=1S/C19H28N2O4/c1-14(2)13-17(22)20-9-6-10-21(12-11-20)19(23)18-15(24-3)7-5-8-16(18)25-4/h5,7-8,14H,6,9-13H2,1-4H3. The van der Waals surface area contributed by atoms with Crippen LogP contribution in [0.25, 0.3) is 0 Å².